The van der Waals surface area contributed by atoms with Crippen molar-refractivity contribution >= 4 is 23.5 Å². The Labute approximate surface area is 172 Å². The van der Waals surface area contributed by atoms with E-state index in [1.165, 1.54) is 7.11 Å². The molecule has 4 rings (SSSR count). The van der Waals surface area contributed by atoms with E-state index in [0.29, 0.717) is 11.4 Å². The highest BCUT2D eigenvalue weighted by Crippen LogP contribution is 2.28. The molecule has 0 saturated carbocycles. The fourth-order valence-corrected chi connectivity index (χ4v) is 3.32. The van der Waals surface area contributed by atoms with E-state index in [2.05, 4.69) is 15.2 Å². The fraction of sp³-hybridized carbons (Fsp3) is 0.190. The van der Waals surface area contributed by atoms with Gasteiger partial charge in [-0.25, -0.2) is 9.48 Å². The summed E-state index contributed by atoms with van der Waals surface area (Å²) in [5, 5.41) is 7.80. The molecular formula is C21H18ClN3O4. The Morgan fingerprint density at radius 2 is 2.14 bits per heavy atom. The summed E-state index contributed by atoms with van der Waals surface area (Å²) in [5.41, 5.74) is 4.08. The van der Waals surface area contributed by atoms with E-state index < -0.39 is 6.09 Å². The molecule has 29 heavy (non-hydrogen) atoms. The maximum atomic E-state index is 11.6. The average Bonchev–Trinajstić information content (AvgIpc) is 3.22. The van der Waals surface area contributed by atoms with Gasteiger partial charge in [-0.1, -0.05) is 17.7 Å². The lowest BCUT2D eigenvalue weighted by Gasteiger charge is -2.17. The molecule has 1 N–H and O–H groups in total. The van der Waals surface area contributed by atoms with Crippen molar-refractivity contribution in [1.29, 1.82) is 0 Å². The van der Waals surface area contributed by atoms with E-state index in [0.717, 1.165) is 33.8 Å². The maximum absolute atomic E-state index is 11.6. The summed E-state index contributed by atoms with van der Waals surface area (Å²) in [6.45, 7) is 0.376. The van der Waals surface area contributed by atoms with E-state index in [9.17, 15) is 9.59 Å². The quantitative estimate of drug-likeness (QED) is 0.709. The molecule has 7 nitrogen and oxygen atoms in total. The summed E-state index contributed by atoms with van der Waals surface area (Å²) in [6.07, 6.45) is 1.69. The number of halogens is 1. The number of benzene rings is 2. The minimum absolute atomic E-state index is 0.0602. The van der Waals surface area contributed by atoms with Crippen molar-refractivity contribution in [3.63, 3.8) is 0 Å². The van der Waals surface area contributed by atoms with Crippen molar-refractivity contribution in [2.75, 3.05) is 13.7 Å². The second kappa shape index (κ2) is 7.97. The van der Waals surface area contributed by atoms with Gasteiger partial charge in [-0.3, -0.25) is 4.79 Å². The van der Waals surface area contributed by atoms with Crippen molar-refractivity contribution in [3.05, 3.63) is 64.8 Å². The van der Waals surface area contributed by atoms with Crippen LogP contribution < -0.4 is 10.1 Å². The third-order valence-corrected chi connectivity index (χ3v) is 4.99. The maximum Gasteiger partial charge on any atom is 0.407 e. The molecule has 148 valence electrons. The number of alkyl carbamates (subject to hydrolysis) is 1. The van der Waals surface area contributed by atoms with Gasteiger partial charge in [0.25, 0.3) is 0 Å². The topological polar surface area (TPSA) is 82.5 Å². The average molecular weight is 412 g/mol. The Hall–Kier alpha value is -3.32. The molecule has 0 unspecified atom stereocenters. The molecule has 0 fully saturated rings. The second-order valence-electron chi connectivity index (χ2n) is 6.59. The van der Waals surface area contributed by atoms with Crippen LogP contribution in [0.5, 0.6) is 5.75 Å². The number of fused-ring (bicyclic) bond motifs is 1. The number of carbonyl (C=O) groups excluding carboxylic acids is 2. The second-order valence-corrected chi connectivity index (χ2v) is 7.00. The van der Waals surface area contributed by atoms with Crippen molar-refractivity contribution in [1.82, 2.24) is 15.1 Å². The number of aromatic nitrogens is 2. The summed E-state index contributed by atoms with van der Waals surface area (Å²) in [7, 11) is 1.31. The number of nitrogens with zero attached hydrogens (tertiary/aromatic N) is 2. The normalized spacial score (nSPS) is 12.8. The van der Waals surface area contributed by atoms with Crippen molar-refractivity contribution < 1.29 is 19.1 Å². The van der Waals surface area contributed by atoms with Gasteiger partial charge in [0.15, 0.2) is 5.78 Å². The summed E-state index contributed by atoms with van der Waals surface area (Å²) in [4.78, 5) is 23.0. The number of carbonyl (C=O) groups is 2. The van der Waals surface area contributed by atoms with E-state index >= 15 is 0 Å². The van der Waals surface area contributed by atoms with Crippen LogP contribution in [-0.2, 0) is 22.5 Å². The SMILES string of the molecule is COC(=O)NCc1cc(-c2ccn(-c3ccc4c(c3)CC(=O)CO4)n2)ccc1Cl. The number of ketones is 1. The smallest absolute Gasteiger partial charge is 0.407 e. The van der Waals surface area contributed by atoms with E-state index in [4.69, 9.17) is 16.3 Å². The fourth-order valence-electron chi connectivity index (χ4n) is 3.14. The molecule has 3 aromatic rings. The zero-order chi connectivity index (χ0) is 20.4. The van der Waals surface area contributed by atoms with E-state index in [1.54, 1.807) is 10.7 Å². The first-order valence-electron chi connectivity index (χ1n) is 8.97. The number of nitrogens with one attached hydrogen (secondary N) is 1. The van der Waals surface area contributed by atoms with Gasteiger partial charge in [0.05, 0.1) is 18.5 Å². The van der Waals surface area contributed by atoms with Crippen LogP contribution in [0.2, 0.25) is 5.02 Å². The van der Waals surface area contributed by atoms with Crippen LogP contribution in [0.1, 0.15) is 11.1 Å². The highest BCUT2D eigenvalue weighted by molar-refractivity contribution is 6.31. The lowest BCUT2D eigenvalue weighted by molar-refractivity contribution is -0.121. The predicted octanol–water partition coefficient (Wildman–Crippen LogP) is 3.55. The number of amides is 1. The molecule has 0 aliphatic carbocycles. The van der Waals surface area contributed by atoms with Crippen LogP contribution in [-0.4, -0.2) is 35.4 Å². The molecule has 2 heterocycles. The van der Waals surface area contributed by atoms with Gasteiger partial charge in [-0.15, -0.1) is 0 Å². The van der Waals surface area contributed by atoms with Crippen LogP contribution in [0.25, 0.3) is 16.9 Å². The number of rotatable bonds is 4. The van der Waals surface area contributed by atoms with Crippen LogP contribution in [0.3, 0.4) is 0 Å². The predicted molar refractivity (Wildman–Crippen MR) is 107 cm³/mol. The molecule has 1 aliphatic heterocycles. The Kier molecular flexibility index (Phi) is 5.22. The number of methoxy groups -OCH3 is 1. The molecule has 1 aliphatic rings. The van der Waals surface area contributed by atoms with Crippen LogP contribution in [0.4, 0.5) is 4.79 Å². The minimum Gasteiger partial charge on any atom is -0.486 e. The molecule has 0 saturated heterocycles. The van der Waals surface area contributed by atoms with E-state index in [1.807, 2.05) is 42.6 Å². The number of ether oxygens (including phenoxy) is 2. The molecule has 0 bridgehead atoms. The third kappa shape index (κ3) is 4.09. The van der Waals surface area contributed by atoms with Crippen molar-refractivity contribution in [2.45, 2.75) is 13.0 Å². The molecule has 8 heteroatoms. The lowest BCUT2D eigenvalue weighted by atomic mass is 10.1. The van der Waals surface area contributed by atoms with Gasteiger partial charge < -0.3 is 14.8 Å². The highest BCUT2D eigenvalue weighted by atomic mass is 35.5. The third-order valence-electron chi connectivity index (χ3n) is 4.62. The van der Waals surface area contributed by atoms with Crippen molar-refractivity contribution in [3.8, 4) is 22.7 Å². The van der Waals surface area contributed by atoms with Gasteiger partial charge >= 0.3 is 6.09 Å². The van der Waals surface area contributed by atoms with Gasteiger partial charge in [-0.05, 0) is 42.0 Å². The highest BCUT2D eigenvalue weighted by Gasteiger charge is 2.17. The zero-order valence-electron chi connectivity index (χ0n) is 15.6. The summed E-state index contributed by atoms with van der Waals surface area (Å²) >= 11 is 6.23. The Morgan fingerprint density at radius 3 is 2.97 bits per heavy atom. The van der Waals surface area contributed by atoms with Crippen LogP contribution >= 0.6 is 11.6 Å². The number of Topliss-reactive ketones (excluding diaryl/α,β-unsaturated/α-hetero) is 1. The summed E-state index contributed by atoms with van der Waals surface area (Å²) < 4.78 is 11.8. The first kappa shape index (κ1) is 19.0. The first-order valence-corrected chi connectivity index (χ1v) is 9.35. The standard InChI is InChI=1S/C21H18ClN3O4/c1-28-21(27)23-11-15-8-13(2-4-18(15)22)19-6-7-25(24-19)16-3-5-20-14(9-16)10-17(26)12-29-20/h2-9H,10-12H2,1H3,(H,23,27). The number of hydrogen-bond donors (Lipinski definition) is 1. The monoisotopic (exact) mass is 411 g/mol. The molecule has 0 atom stereocenters. The Morgan fingerprint density at radius 1 is 1.28 bits per heavy atom. The molecule has 0 radical (unpaired) electrons. The minimum atomic E-state index is -0.523. The van der Waals surface area contributed by atoms with Gasteiger partial charge in [0, 0.05) is 35.3 Å². The number of hydrogen-bond acceptors (Lipinski definition) is 5. The van der Waals surface area contributed by atoms with Gasteiger partial charge in [-0.2, -0.15) is 5.10 Å². The molecule has 2 aromatic carbocycles. The largest absolute Gasteiger partial charge is 0.486 e. The van der Waals surface area contributed by atoms with Crippen LogP contribution in [0.15, 0.2) is 48.7 Å². The van der Waals surface area contributed by atoms with Crippen molar-refractivity contribution in [2.24, 2.45) is 0 Å². The molecule has 1 amide bonds. The molecule has 1 aromatic heterocycles. The Balaban J connectivity index is 1.59. The van der Waals surface area contributed by atoms with Gasteiger partial charge in [0.2, 0.25) is 0 Å². The Bertz CT molecular complexity index is 1090. The zero-order valence-corrected chi connectivity index (χ0v) is 16.4. The lowest BCUT2D eigenvalue weighted by Crippen LogP contribution is -2.22. The van der Waals surface area contributed by atoms with Gasteiger partial charge in [0.1, 0.15) is 12.4 Å². The molecule has 0 spiro atoms. The first-order chi connectivity index (χ1) is 14.0. The summed E-state index contributed by atoms with van der Waals surface area (Å²) in [5.74, 6) is 0.797. The summed E-state index contributed by atoms with van der Waals surface area (Å²) in [6, 6.07) is 13.1. The molecular weight excluding hydrogens is 394 g/mol. The van der Waals surface area contributed by atoms with E-state index in [-0.39, 0.29) is 18.9 Å². The van der Waals surface area contributed by atoms with Crippen LogP contribution in [0, 0.1) is 0 Å².